The van der Waals surface area contributed by atoms with E-state index in [-0.39, 0.29) is 30.6 Å². The molecule has 2 unspecified atom stereocenters. The number of nitrogens with one attached hydrogen (secondary N) is 2. The molecule has 204 valence electrons. The average molecular weight is 551 g/mol. The van der Waals surface area contributed by atoms with Crippen LogP contribution in [0, 0.1) is 12.7 Å². The number of carbonyl (C=O) groups is 2. The Morgan fingerprint density at radius 2 is 1.67 bits per heavy atom. The van der Waals surface area contributed by atoms with E-state index in [1.54, 1.807) is 12.1 Å². The van der Waals surface area contributed by atoms with Gasteiger partial charge in [-0.05, 0) is 73.7 Å². The summed E-state index contributed by atoms with van der Waals surface area (Å²) in [7, 11) is -4.14. The zero-order valence-electron chi connectivity index (χ0n) is 21.6. The van der Waals surface area contributed by atoms with Gasteiger partial charge in [-0.2, -0.15) is 4.31 Å². The Morgan fingerprint density at radius 1 is 0.949 bits per heavy atom. The summed E-state index contributed by atoms with van der Waals surface area (Å²) in [5, 5.41) is 5.89. The zero-order chi connectivity index (χ0) is 27.6. The van der Waals surface area contributed by atoms with Crippen LogP contribution in [0.3, 0.4) is 0 Å². The SMILES string of the molecule is Cc1ccc(NC(=O)N2CCN(S(=O)(=O)c3ccc(F)cc3)C(C(=O)NC3CCCc4ccccc43)C2)cc1. The Kier molecular flexibility index (Phi) is 7.67. The maximum atomic E-state index is 13.7. The molecule has 1 heterocycles. The van der Waals surface area contributed by atoms with E-state index in [2.05, 4.69) is 10.6 Å². The molecule has 8 nitrogen and oxygen atoms in total. The molecule has 1 aliphatic heterocycles. The monoisotopic (exact) mass is 550 g/mol. The molecule has 1 aliphatic carbocycles. The van der Waals surface area contributed by atoms with Crippen LogP contribution in [0.25, 0.3) is 0 Å². The molecule has 2 N–H and O–H groups in total. The van der Waals surface area contributed by atoms with Crippen molar-refractivity contribution in [3.05, 3.63) is 95.3 Å². The van der Waals surface area contributed by atoms with Gasteiger partial charge in [-0.1, -0.05) is 42.0 Å². The van der Waals surface area contributed by atoms with Crippen molar-refractivity contribution in [3.63, 3.8) is 0 Å². The van der Waals surface area contributed by atoms with Gasteiger partial charge in [0.25, 0.3) is 0 Å². The number of nitrogens with zero attached hydrogens (tertiary/aromatic N) is 2. The van der Waals surface area contributed by atoms with Crippen LogP contribution in [-0.2, 0) is 21.2 Å². The number of piperazine rings is 1. The zero-order valence-corrected chi connectivity index (χ0v) is 22.5. The molecule has 0 radical (unpaired) electrons. The standard InChI is InChI=1S/C29H31FN4O4S/c1-20-9-13-23(14-10-20)31-29(36)33-17-18-34(39(37,38)24-15-11-22(30)12-16-24)27(19-33)28(35)32-26-8-4-6-21-5-2-3-7-25(21)26/h2-3,5,7,9-16,26-27H,4,6,8,17-19H2,1H3,(H,31,36)(H,32,35). The van der Waals surface area contributed by atoms with Gasteiger partial charge in [-0.25, -0.2) is 17.6 Å². The second-order valence-corrected chi connectivity index (χ2v) is 11.9. The number of benzene rings is 3. The van der Waals surface area contributed by atoms with Crippen molar-refractivity contribution in [1.82, 2.24) is 14.5 Å². The number of hydrogen-bond acceptors (Lipinski definition) is 4. The lowest BCUT2D eigenvalue weighted by molar-refractivity contribution is -0.127. The number of sulfonamides is 1. The Balaban J connectivity index is 1.40. The first-order valence-electron chi connectivity index (χ1n) is 13.0. The lowest BCUT2D eigenvalue weighted by Crippen LogP contribution is -2.62. The molecule has 3 aromatic carbocycles. The van der Waals surface area contributed by atoms with Crippen LogP contribution in [0.5, 0.6) is 0 Å². The molecule has 0 saturated carbocycles. The number of rotatable bonds is 5. The highest BCUT2D eigenvalue weighted by atomic mass is 32.2. The first-order valence-corrected chi connectivity index (χ1v) is 14.4. The lowest BCUT2D eigenvalue weighted by Gasteiger charge is -2.40. The summed E-state index contributed by atoms with van der Waals surface area (Å²) < 4.78 is 41.9. The van der Waals surface area contributed by atoms with E-state index in [4.69, 9.17) is 0 Å². The number of hydrogen-bond donors (Lipinski definition) is 2. The summed E-state index contributed by atoms with van der Waals surface area (Å²) in [5.41, 5.74) is 3.84. The molecular formula is C29H31FN4O4S. The summed E-state index contributed by atoms with van der Waals surface area (Å²) in [5.74, 6) is -1.04. The fraction of sp³-hybridized carbons (Fsp3) is 0.310. The predicted octanol–water partition coefficient (Wildman–Crippen LogP) is 4.23. The number of anilines is 1. The predicted molar refractivity (Wildman–Crippen MR) is 146 cm³/mol. The van der Waals surface area contributed by atoms with Crippen LogP contribution >= 0.6 is 0 Å². The number of aryl methyl sites for hydroxylation is 2. The van der Waals surface area contributed by atoms with Crippen LogP contribution in [0.2, 0.25) is 0 Å². The summed E-state index contributed by atoms with van der Waals surface area (Å²) >= 11 is 0. The summed E-state index contributed by atoms with van der Waals surface area (Å²) in [6.45, 7) is 1.83. The van der Waals surface area contributed by atoms with E-state index >= 15 is 0 Å². The fourth-order valence-corrected chi connectivity index (χ4v) is 6.78. The van der Waals surface area contributed by atoms with Crippen molar-refractivity contribution in [1.29, 1.82) is 0 Å². The topological polar surface area (TPSA) is 98.8 Å². The second kappa shape index (κ2) is 11.2. The number of halogens is 1. The first-order chi connectivity index (χ1) is 18.7. The third-order valence-electron chi connectivity index (χ3n) is 7.33. The molecule has 1 fully saturated rings. The molecule has 2 aliphatic rings. The minimum Gasteiger partial charge on any atom is -0.348 e. The van der Waals surface area contributed by atoms with Crippen LogP contribution in [-0.4, -0.2) is 55.2 Å². The smallest absolute Gasteiger partial charge is 0.321 e. The normalized spacial score (nSPS) is 19.7. The molecule has 2 atom stereocenters. The van der Waals surface area contributed by atoms with E-state index in [0.717, 1.165) is 52.4 Å². The molecule has 5 rings (SSSR count). The van der Waals surface area contributed by atoms with Gasteiger partial charge in [-0.3, -0.25) is 4.79 Å². The van der Waals surface area contributed by atoms with Crippen molar-refractivity contribution < 1.29 is 22.4 Å². The minimum absolute atomic E-state index is 0.0830. The van der Waals surface area contributed by atoms with Gasteiger partial charge >= 0.3 is 6.03 Å². The van der Waals surface area contributed by atoms with Crippen molar-refractivity contribution in [3.8, 4) is 0 Å². The highest BCUT2D eigenvalue weighted by Gasteiger charge is 2.42. The van der Waals surface area contributed by atoms with Gasteiger partial charge in [0.1, 0.15) is 11.9 Å². The van der Waals surface area contributed by atoms with Crippen LogP contribution < -0.4 is 10.6 Å². The molecular weight excluding hydrogens is 519 g/mol. The van der Waals surface area contributed by atoms with Crippen molar-refractivity contribution in [2.45, 2.75) is 43.2 Å². The summed E-state index contributed by atoms with van der Waals surface area (Å²) in [4.78, 5) is 28.2. The molecule has 0 spiro atoms. The van der Waals surface area contributed by atoms with Gasteiger partial charge in [-0.15, -0.1) is 0 Å². The van der Waals surface area contributed by atoms with Gasteiger partial charge < -0.3 is 15.5 Å². The van der Waals surface area contributed by atoms with Gasteiger partial charge in [0, 0.05) is 25.3 Å². The first kappa shape index (κ1) is 26.8. The quantitative estimate of drug-likeness (QED) is 0.497. The third-order valence-corrected chi connectivity index (χ3v) is 9.25. The fourth-order valence-electron chi connectivity index (χ4n) is 5.21. The Labute approximate surface area is 227 Å². The third kappa shape index (κ3) is 5.81. The number of amides is 3. The average Bonchev–Trinajstić information content (AvgIpc) is 2.94. The molecule has 39 heavy (non-hydrogen) atoms. The highest BCUT2D eigenvalue weighted by Crippen LogP contribution is 2.30. The van der Waals surface area contributed by atoms with Crippen molar-refractivity contribution >= 4 is 27.6 Å². The lowest BCUT2D eigenvalue weighted by atomic mass is 9.87. The van der Waals surface area contributed by atoms with Gasteiger partial charge in [0.05, 0.1) is 10.9 Å². The van der Waals surface area contributed by atoms with Crippen LogP contribution in [0.4, 0.5) is 14.9 Å². The Morgan fingerprint density at radius 3 is 2.41 bits per heavy atom. The van der Waals surface area contributed by atoms with E-state index < -0.39 is 33.8 Å². The van der Waals surface area contributed by atoms with Crippen LogP contribution in [0.1, 0.15) is 35.6 Å². The minimum atomic E-state index is -4.14. The Hall–Kier alpha value is -3.76. The molecule has 10 heteroatoms. The van der Waals surface area contributed by atoms with E-state index in [1.165, 1.54) is 17.0 Å². The Bertz CT molecular complexity index is 1460. The van der Waals surface area contributed by atoms with Crippen molar-refractivity contribution in [2.24, 2.45) is 0 Å². The number of carbonyl (C=O) groups excluding carboxylic acids is 2. The van der Waals surface area contributed by atoms with E-state index in [9.17, 15) is 22.4 Å². The van der Waals surface area contributed by atoms with Gasteiger partial charge in [0.15, 0.2) is 0 Å². The van der Waals surface area contributed by atoms with Gasteiger partial charge in [0.2, 0.25) is 15.9 Å². The maximum Gasteiger partial charge on any atom is 0.321 e. The molecule has 0 aromatic heterocycles. The van der Waals surface area contributed by atoms with E-state index in [0.29, 0.717) is 5.69 Å². The number of urea groups is 1. The molecule has 1 saturated heterocycles. The van der Waals surface area contributed by atoms with Crippen LogP contribution in [0.15, 0.2) is 77.7 Å². The molecule has 3 amide bonds. The number of fused-ring (bicyclic) bond motifs is 1. The van der Waals surface area contributed by atoms with E-state index in [1.807, 2.05) is 43.3 Å². The largest absolute Gasteiger partial charge is 0.348 e. The molecule has 3 aromatic rings. The summed E-state index contributed by atoms with van der Waals surface area (Å²) in [6, 6.07) is 17.9. The second-order valence-electron chi connectivity index (χ2n) is 9.98. The maximum absolute atomic E-state index is 13.7. The highest BCUT2D eigenvalue weighted by molar-refractivity contribution is 7.89. The van der Waals surface area contributed by atoms with Crippen molar-refractivity contribution in [2.75, 3.05) is 25.0 Å². The summed E-state index contributed by atoms with van der Waals surface area (Å²) in [6.07, 6.45) is 2.55. The molecule has 0 bridgehead atoms.